The van der Waals surface area contributed by atoms with E-state index in [2.05, 4.69) is 15.6 Å². The lowest BCUT2D eigenvalue weighted by molar-refractivity contribution is 0.252. The smallest absolute Gasteiger partial charge is 0.320 e. The number of benzene rings is 1. The number of hydrogen-bond donors (Lipinski definition) is 2. The van der Waals surface area contributed by atoms with Crippen LogP contribution < -0.4 is 20.1 Å². The van der Waals surface area contributed by atoms with E-state index in [1.54, 1.807) is 20.4 Å². The molecule has 0 fully saturated rings. The summed E-state index contributed by atoms with van der Waals surface area (Å²) in [6.07, 6.45) is 2.33. The van der Waals surface area contributed by atoms with Gasteiger partial charge in [0.15, 0.2) is 11.5 Å². The van der Waals surface area contributed by atoms with Crippen LogP contribution in [0.4, 0.5) is 10.6 Å². The first kappa shape index (κ1) is 16.6. The predicted molar refractivity (Wildman–Crippen MR) is 89.2 cm³/mol. The third-order valence-electron chi connectivity index (χ3n) is 3.39. The van der Waals surface area contributed by atoms with Crippen LogP contribution in [-0.4, -0.2) is 31.8 Å². The number of anilines is 1. The molecule has 6 nitrogen and oxygen atoms in total. The average molecular weight is 315 g/mol. The van der Waals surface area contributed by atoms with E-state index in [0.29, 0.717) is 30.3 Å². The van der Waals surface area contributed by atoms with E-state index in [1.807, 2.05) is 37.3 Å². The van der Waals surface area contributed by atoms with E-state index in [4.69, 9.17) is 9.47 Å². The van der Waals surface area contributed by atoms with Crippen molar-refractivity contribution < 1.29 is 14.3 Å². The van der Waals surface area contributed by atoms with E-state index >= 15 is 0 Å². The Balaban J connectivity index is 1.85. The highest BCUT2D eigenvalue weighted by Crippen LogP contribution is 2.27. The number of carbonyl (C=O) groups excluding carboxylic acids is 1. The number of aryl methyl sites for hydroxylation is 1. The summed E-state index contributed by atoms with van der Waals surface area (Å²) in [5.41, 5.74) is 1.97. The van der Waals surface area contributed by atoms with Gasteiger partial charge in [-0.2, -0.15) is 0 Å². The molecule has 122 valence electrons. The van der Waals surface area contributed by atoms with Gasteiger partial charge in [-0.1, -0.05) is 12.1 Å². The maximum absolute atomic E-state index is 11.9. The quantitative estimate of drug-likeness (QED) is 0.860. The van der Waals surface area contributed by atoms with E-state index in [1.165, 1.54) is 0 Å². The van der Waals surface area contributed by atoms with Crippen LogP contribution in [0.15, 0.2) is 36.5 Å². The maximum atomic E-state index is 11.9. The molecule has 6 heteroatoms. The van der Waals surface area contributed by atoms with Gasteiger partial charge < -0.3 is 14.8 Å². The van der Waals surface area contributed by atoms with E-state index < -0.39 is 0 Å². The van der Waals surface area contributed by atoms with Gasteiger partial charge in [0.1, 0.15) is 5.82 Å². The van der Waals surface area contributed by atoms with Crippen molar-refractivity contribution in [1.82, 2.24) is 10.3 Å². The molecule has 1 aromatic heterocycles. The molecule has 0 aliphatic heterocycles. The molecule has 2 rings (SSSR count). The number of methoxy groups -OCH3 is 2. The monoisotopic (exact) mass is 315 g/mol. The van der Waals surface area contributed by atoms with Crippen molar-refractivity contribution in [3.63, 3.8) is 0 Å². The number of amides is 2. The molecule has 0 radical (unpaired) electrons. The molecule has 0 aliphatic carbocycles. The molecule has 2 aromatic rings. The minimum atomic E-state index is -0.271. The number of carbonyl (C=O) groups is 1. The fraction of sp³-hybridized carbons (Fsp3) is 0.294. The summed E-state index contributed by atoms with van der Waals surface area (Å²) < 4.78 is 10.5. The Bertz CT molecular complexity index is 674. The van der Waals surface area contributed by atoms with Crippen molar-refractivity contribution in [2.75, 3.05) is 26.1 Å². The topological polar surface area (TPSA) is 72.5 Å². The largest absolute Gasteiger partial charge is 0.493 e. The zero-order chi connectivity index (χ0) is 16.7. The number of urea groups is 1. The lowest BCUT2D eigenvalue weighted by Gasteiger charge is -2.11. The molecule has 2 amide bonds. The number of ether oxygens (including phenoxy) is 2. The highest BCUT2D eigenvalue weighted by atomic mass is 16.5. The molecule has 0 spiro atoms. The van der Waals surface area contributed by atoms with Crippen LogP contribution in [0.1, 0.15) is 11.1 Å². The van der Waals surface area contributed by atoms with Crippen molar-refractivity contribution in [2.45, 2.75) is 13.3 Å². The van der Waals surface area contributed by atoms with Crippen molar-refractivity contribution in [3.05, 3.63) is 47.7 Å². The summed E-state index contributed by atoms with van der Waals surface area (Å²) in [4.78, 5) is 16.0. The van der Waals surface area contributed by atoms with E-state index in [9.17, 15) is 4.79 Å². The number of pyridine rings is 1. The number of hydrogen-bond acceptors (Lipinski definition) is 4. The lowest BCUT2D eigenvalue weighted by Crippen LogP contribution is -2.31. The number of nitrogens with zero attached hydrogens (tertiary/aromatic N) is 1. The van der Waals surface area contributed by atoms with Crippen molar-refractivity contribution in [2.24, 2.45) is 0 Å². The van der Waals surface area contributed by atoms with Crippen LogP contribution in [0, 0.1) is 6.92 Å². The van der Waals surface area contributed by atoms with Crippen molar-refractivity contribution in [3.8, 4) is 11.5 Å². The summed E-state index contributed by atoms with van der Waals surface area (Å²) in [5.74, 6) is 1.93. The van der Waals surface area contributed by atoms with Gasteiger partial charge in [0, 0.05) is 12.7 Å². The average Bonchev–Trinajstić information content (AvgIpc) is 2.56. The number of rotatable bonds is 6. The van der Waals surface area contributed by atoms with Gasteiger partial charge in [-0.15, -0.1) is 0 Å². The van der Waals surface area contributed by atoms with Gasteiger partial charge in [0.25, 0.3) is 0 Å². The highest BCUT2D eigenvalue weighted by Gasteiger charge is 2.06. The van der Waals surface area contributed by atoms with E-state index in [0.717, 1.165) is 11.1 Å². The molecular weight excluding hydrogens is 294 g/mol. The molecule has 1 heterocycles. The van der Waals surface area contributed by atoms with Crippen LogP contribution in [0.25, 0.3) is 0 Å². The summed E-state index contributed by atoms with van der Waals surface area (Å²) in [6, 6.07) is 9.16. The molecular formula is C17H21N3O3. The minimum absolute atomic E-state index is 0.271. The molecule has 0 saturated carbocycles. The Labute approximate surface area is 135 Å². The molecule has 0 saturated heterocycles. The van der Waals surface area contributed by atoms with Crippen molar-refractivity contribution >= 4 is 11.8 Å². The Morgan fingerprint density at radius 3 is 2.65 bits per heavy atom. The Kier molecular flexibility index (Phi) is 5.80. The number of nitrogens with one attached hydrogen (secondary N) is 2. The summed E-state index contributed by atoms with van der Waals surface area (Å²) in [6.45, 7) is 2.40. The second-order valence-corrected chi connectivity index (χ2v) is 4.99. The van der Waals surface area contributed by atoms with Gasteiger partial charge in [0.05, 0.1) is 14.2 Å². The summed E-state index contributed by atoms with van der Waals surface area (Å²) >= 11 is 0. The van der Waals surface area contributed by atoms with Crippen LogP contribution in [-0.2, 0) is 6.42 Å². The third-order valence-corrected chi connectivity index (χ3v) is 3.39. The van der Waals surface area contributed by atoms with E-state index in [-0.39, 0.29) is 6.03 Å². The van der Waals surface area contributed by atoms with Crippen molar-refractivity contribution in [1.29, 1.82) is 0 Å². The fourth-order valence-corrected chi connectivity index (χ4v) is 2.12. The Morgan fingerprint density at radius 2 is 1.96 bits per heavy atom. The minimum Gasteiger partial charge on any atom is -0.493 e. The van der Waals surface area contributed by atoms with Gasteiger partial charge in [0.2, 0.25) is 0 Å². The second-order valence-electron chi connectivity index (χ2n) is 4.99. The third kappa shape index (κ3) is 4.60. The summed E-state index contributed by atoms with van der Waals surface area (Å²) in [7, 11) is 3.20. The SMILES string of the molecule is COc1ccc(CCNC(=O)Nc2ncccc2C)cc1OC. The molecule has 0 unspecified atom stereocenters. The molecule has 0 bridgehead atoms. The molecule has 0 aliphatic rings. The molecule has 0 atom stereocenters. The van der Waals surface area contributed by atoms with Crippen LogP contribution in [0.2, 0.25) is 0 Å². The molecule has 23 heavy (non-hydrogen) atoms. The Hall–Kier alpha value is -2.76. The molecule has 1 aromatic carbocycles. The second kappa shape index (κ2) is 8.03. The van der Waals surface area contributed by atoms with Crippen LogP contribution >= 0.6 is 0 Å². The zero-order valence-electron chi connectivity index (χ0n) is 13.6. The predicted octanol–water partition coefficient (Wildman–Crippen LogP) is 2.77. The number of aromatic nitrogens is 1. The fourth-order valence-electron chi connectivity index (χ4n) is 2.12. The van der Waals surface area contributed by atoms with Gasteiger partial charge in [-0.25, -0.2) is 9.78 Å². The highest BCUT2D eigenvalue weighted by molar-refractivity contribution is 5.88. The van der Waals surface area contributed by atoms with Gasteiger partial charge in [-0.3, -0.25) is 5.32 Å². The first-order valence-corrected chi connectivity index (χ1v) is 7.31. The maximum Gasteiger partial charge on any atom is 0.320 e. The van der Waals surface area contributed by atoms with Crippen LogP contribution in [0.5, 0.6) is 11.5 Å². The molecule has 2 N–H and O–H groups in total. The standard InChI is InChI=1S/C17H21N3O3/c1-12-5-4-9-18-16(12)20-17(21)19-10-8-13-6-7-14(22-2)15(11-13)23-3/h4-7,9,11H,8,10H2,1-3H3,(H2,18,19,20,21). The summed E-state index contributed by atoms with van der Waals surface area (Å²) in [5, 5.41) is 5.54. The van der Waals surface area contributed by atoms with Crippen LogP contribution in [0.3, 0.4) is 0 Å². The zero-order valence-corrected chi connectivity index (χ0v) is 13.6. The normalized spacial score (nSPS) is 10.0. The first-order valence-electron chi connectivity index (χ1n) is 7.31. The first-order chi connectivity index (χ1) is 11.1. The lowest BCUT2D eigenvalue weighted by atomic mass is 10.1. The van der Waals surface area contributed by atoms with Gasteiger partial charge >= 0.3 is 6.03 Å². The van der Waals surface area contributed by atoms with Gasteiger partial charge in [-0.05, 0) is 42.7 Å². The Morgan fingerprint density at radius 1 is 1.17 bits per heavy atom.